The van der Waals surface area contributed by atoms with E-state index in [4.69, 9.17) is 10.5 Å². The van der Waals surface area contributed by atoms with Gasteiger partial charge >= 0.3 is 6.09 Å². The predicted molar refractivity (Wildman–Crippen MR) is 95.5 cm³/mol. The van der Waals surface area contributed by atoms with Crippen LogP contribution in [0.3, 0.4) is 0 Å². The highest BCUT2D eigenvalue weighted by Gasteiger charge is 2.23. The smallest absolute Gasteiger partial charge is 0.407 e. The highest BCUT2D eigenvalue weighted by atomic mass is 32.2. The average Bonchev–Trinajstić information content (AvgIpc) is 3.14. The zero-order valence-corrected chi connectivity index (χ0v) is 14.6. The Bertz CT molecular complexity index is 521. The van der Waals surface area contributed by atoms with Crippen LogP contribution in [0.25, 0.3) is 0 Å². The van der Waals surface area contributed by atoms with E-state index in [-0.39, 0.29) is 12.5 Å². The normalized spacial score (nSPS) is 15.1. The number of ether oxygens (including phenoxy) is 1. The molecule has 0 aliphatic carbocycles. The van der Waals surface area contributed by atoms with Gasteiger partial charge in [0.2, 0.25) is 5.91 Å². The minimum absolute atomic E-state index is 0.0373. The van der Waals surface area contributed by atoms with Crippen molar-refractivity contribution in [3.8, 4) is 0 Å². The van der Waals surface area contributed by atoms with Crippen molar-refractivity contribution in [1.29, 1.82) is 0 Å². The number of carbonyl (C=O) groups is 2. The Hall–Kier alpha value is -1.73. The van der Waals surface area contributed by atoms with Gasteiger partial charge in [-0.3, -0.25) is 4.79 Å². The molecule has 6 nitrogen and oxygen atoms in total. The number of carbonyl (C=O) groups excluding carboxylic acids is 2. The van der Waals surface area contributed by atoms with E-state index in [9.17, 15) is 9.59 Å². The molecule has 0 unspecified atom stereocenters. The number of rotatable bonds is 8. The Labute approximate surface area is 147 Å². The van der Waals surface area contributed by atoms with Gasteiger partial charge in [0.15, 0.2) is 0 Å². The van der Waals surface area contributed by atoms with Crippen LogP contribution < -0.4 is 11.1 Å². The van der Waals surface area contributed by atoms with E-state index in [1.807, 2.05) is 35.2 Å². The monoisotopic (exact) mass is 351 g/mol. The molecule has 0 aromatic heterocycles. The van der Waals surface area contributed by atoms with Crippen molar-refractivity contribution in [2.24, 2.45) is 5.73 Å². The summed E-state index contributed by atoms with van der Waals surface area (Å²) in [7, 11) is 0. The second-order valence-electron chi connectivity index (χ2n) is 5.73. The maximum Gasteiger partial charge on any atom is 0.407 e. The lowest BCUT2D eigenvalue weighted by Crippen LogP contribution is -2.42. The van der Waals surface area contributed by atoms with Crippen LogP contribution >= 0.6 is 11.8 Å². The highest BCUT2D eigenvalue weighted by molar-refractivity contribution is 7.99. The summed E-state index contributed by atoms with van der Waals surface area (Å²) < 4.78 is 5.12. The number of nitrogens with two attached hydrogens (primary N) is 1. The Morgan fingerprint density at radius 1 is 1.29 bits per heavy atom. The van der Waals surface area contributed by atoms with Crippen molar-refractivity contribution < 1.29 is 14.3 Å². The largest absolute Gasteiger partial charge is 0.445 e. The van der Waals surface area contributed by atoms with E-state index in [2.05, 4.69) is 5.32 Å². The summed E-state index contributed by atoms with van der Waals surface area (Å²) in [6.45, 7) is 1.58. The molecule has 0 saturated carbocycles. The number of nitrogens with zero attached hydrogens (tertiary/aromatic N) is 1. The molecule has 0 spiro atoms. The van der Waals surface area contributed by atoms with Crippen LogP contribution in [-0.2, 0) is 16.1 Å². The van der Waals surface area contributed by atoms with Crippen LogP contribution in [0.4, 0.5) is 4.79 Å². The van der Waals surface area contributed by atoms with Crippen LogP contribution in [0.2, 0.25) is 0 Å². The topological polar surface area (TPSA) is 84.7 Å². The summed E-state index contributed by atoms with van der Waals surface area (Å²) in [5.74, 6) is 1.78. The van der Waals surface area contributed by atoms with Gasteiger partial charge in [0.25, 0.3) is 0 Å². The summed E-state index contributed by atoms with van der Waals surface area (Å²) >= 11 is 1.75. The molecule has 24 heavy (non-hydrogen) atoms. The minimum Gasteiger partial charge on any atom is -0.445 e. The summed E-state index contributed by atoms with van der Waals surface area (Å²) in [6.07, 6.45) is 1.79. The maximum atomic E-state index is 12.0. The fourth-order valence-electron chi connectivity index (χ4n) is 2.40. The molecule has 1 saturated heterocycles. The third-order valence-corrected chi connectivity index (χ3v) is 4.77. The van der Waals surface area contributed by atoms with Crippen molar-refractivity contribution in [3.05, 3.63) is 35.9 Å². The van der Waals surface area contributed by atoms with Gasteiger partial charge < -0.3 is 20.7 Å². The number of hydrogen-bond acceptors (Lipinski definition) is 5. The lowest BCUT2D eigenvalue weighted by Gasteiger charge is -2.19. The van der Waals surface area contributed by atoms with Gasteiger partial charge in [0, 0.05) is 18.8 Å². The highest BCUT2D eigenvalue weighted by Crippen LogP contribution is 2.15. The van der Waals surface area contributed by atoms with Crippen molar-refractivity contribution in [2.75, 3.05) is 24.7 Å². The average molecular weight is 351 g/mol. The number of unbranched alkanes of at least 4 members (excludes halogenated alkanes) is 1. The van der Waals surface area contributed by atoms with Crippen LogP contribution in [0.1, 0.15) is 24.8 Å². The van der Waals surface area contributed by atoms with E-state index >= 15 is 0 Å². The molecule has 1 heterocycles. The molecular formula is C17H25N3O3S. The van der Waals surface area contributed by atoms with Crippen molar-refractivity contribution >= 4 is 23.8 Å². The zero-order chi connectivity index (χ0) is 17.2. The van der Waals surface area contributed by atoms with E-state index in [1.54, 1.807) is 11.8 Å². The second kappa shape index (κ2) is 10.2. The number of alkyl carbamates (subject to hydrolysis) is 1. The van der Waals surface area contributed by atoms with Gasteiger partial charge in [0.05, 0.1) is 11.9 Å². The molecule has 0 bridgehead atoms. The van der Waals surface area contributed by atoms with Gasteiger partial charge in [-0.25, -0.2) is 4.79 Å². The van der Waals surface area contributed by atoms with Gasteiger partial charge in [-0.05, 0) is 24.8 Å². The third kappa shape index (κ3) is 6.41. The summed E-state index contributed by atoms with van der Waals surface area (Å²) in [5.41, 5.74) is 6.89. The quantitative estimate of drug-likeness (QED) is 0.699. The first kappa shape index (κ1) is 18.6. The summed E-state index contributed by atoms with van der Waals surface area (Å²) in [6, 6.07) is 9.11. The Morgan fingerprint density at radius 3 is 2.79 bits per heavy atom. The van der Waals surface area contributed by atoms with Crippen LogP contribution in [0.5, 0.6) is 0 Å². The molecule has 1 aliphatic rings. The minimum atomic E-state index is -0.436. The van der Waals surface area contributed by atoms with Crippen molar-refractivity contribution in [1.82, 2.24) is 10.2 Å². The summed E-state index contributed by atoms with van der Waals surface area (Å²) in [4.78, 5) is 25.4. The number of amides is 2. The molecule has 0 radical (unpaired) electrons. The molecule has 132 valence electrons. The van der Waals surface area contributed by atoms with Gasteiger partial charge in [0.1, 0.15) is 6.61 Å². The molecule has 2 rings (SSSR count). The fraction of sp³-hybridized carbons (Fsp3) is 0.529. The predicted octanol–water partition coefficient (Wildman–Crippen LogP) is 1.94. The molecule has 3 N–H and O–H groups in total. The zero-order valence-electron chi connectivity index (χ0n) is 13.8. The molecule has 1 aromatic carbocycles. The molecular weight excluding hydrogens is 326 g/mol. The van der Waals surface area contributed by atoms with Crippen LogP contribution in [-0.4, -0.2) is 47.7 Å². The molecule has 2 amide bonds. The van der Waals surface area contributed by atoms with Gasteiger partial charge in [-0.2, -0.15) is 0 Å². The number of nitrogens with one attached hydrogen (secondary N) is 1. The molecule has 1 atom stereocenters. The molecule has 1 aliphatic heterocycles. The van der Waals surface area contributed by atoms with Crippen molar-refractivity contribution in [2.45, 2.75) is 31.9 Å². The van der Waals surface area contributed by atoms with E-state index in [1.165, 1.54) is 0 Å². The maximum absolute atomic E-state index is 12.0. The number of hydrogen-bond donors (Lipinski definition) is 2. The van der Waals surface area contributed by atoms with Crippen LogP contribution in [0.15, 0.2) is 30.3 Å². The fourth-order valence-corrected chi connectivity index (χ4v) is 3.35. The SMILES string of the molecule is N[C@@H](CCCCNC(=O)OCc1ccccc1)C(=O)N1CCSC1. The van der Waals surface area contributed by atoms with Gasteiger partial charge in [-0.1, -0.05) is 30.3 Å². The van der Waals surface area contributed by atoms with Gasteiger partial charge in [-0.15, -0.1) is 11.8 Å². The number of thioether (sulfide) groups is 1. The van der Waals surface area contributed by atoms with E-state index < -0.39 is 12.1 Å². The molecule has 7 heteroatoms. The van der Waals surface area contributed by atoms with E-state index in [0.717, 1.165) is 36.6 Å². The second-order valence-corrected chi connectivity index (χ2v) is 6.80. The number of benzene rings is 1. The summed E-state index contributed by atoms with van der Waals surface area (Å²) in [5, 5.41) is 2.71. The Morgan fingerprint density at radius 2 is 2.08 bits per heavy atom. The first-order valence-corrected chi connectivity index (χ1v) is 9.39. The van der Waals surface area contributed by atoms with Crippen LogP contribution in [0, 0.1) is 0 Å². The lowest BCUT2D eigenvalue weighted by molar-refractivity contribution is -0.131. The Balaban J connectivity index is 1.51. The Kier molecular flexibility index (Phi) is 7.91. The first-order valence-electron chi connectivity index (χ1n) is 8.23. The van der Waals surface area contributed by atoms with Crippen molar-refractivity contribution in [3.63, 3.8) is 0 Å². The van der Waals surface area contributed by atoms with E-state index in [0.29, 0.717) is 13.0 Å². The molecule has 1 aromatic rings. The molecule has 1 fully saturated rings. The standard InChI is InChI=1S/C17H25N3O3S/c18-15(16(21)20-10-11-24-13-20)8-4-5-9-19-17(22)23-12-14-6-2-1-3-7-14/h1-3,6-7,15H,4-5,8-13,18H2,(H,19,22)/t15-/m0/s1. The third-order valence-electron chi connectivity index (χ3n) is 3.81. The lowest BCUT2D eigenvalue weighted by atomic mass is 10.1. The first-order chi connectivity index (χ1) is 11.7.